The van der Waals surface area contributed by atoms with Gasteiger partial charge < -0.3 is 35.1 Å². The number of aliphatic carboxylic acids is 2. The molecule has 4 N–H and O–H groups in total. The van der Waals surface area contributed by atoms with E-state index in [1.807, 2.05) is 0 Å². The molecule has 0 aromatic carbocycles. The number of thiophene rings is 1. The van der Waals surface area contributed by atoms with E-state index in [-0.39, 0.29) is 50.4 Å². The van der Waals surface area contributed by atoms with Gasteiger partial charge in [0.15, 0.2) is 5.76 Å². The first kappa shape index (κ1) is 26.9. The van der Waals surface area contributed by atoms with Gasteiger partial charge in [-0.3, -0.25) is 19.2 Å². The minimum absolute atomic E-state index is 0.0136. The normalized spacial score (nSPS) is 22.7. The van der Waals surface area contributed by atoms with Crippen LogP contribution >= 0.6 is 11.3 Å². The van der Waals surface area contributed by atoms with E-state index in [1.54, 1.807) is 17.5 Å². The molecule has 13 nitrogen and oxygen atoms in total. The molecule has 2 saturated heterocycles. The number of hydrogen-bond donors (Lipinski definition) is 4. The quantitative estimate of drug-likeness (QED) is 0.345. The Bertz CT molecular complexity index is 1120. The van der Waals surface area contributed by atoms with Gasteiger partial charge in [0.1, 0.15) is 12.1 Å². The van der Waals surface area contributed by atoms with Crippen molar-refractivity contribution in [2.24, 2.45) is 0 Å². The monoisotopic (exact) mass is 546 g/mol. The average Bonchev–Trinajstić information content (AvgIpc) is 3.67. The van der Waals surface area contributed by atoms with Gasteiger partial charge in [-0.25, -0.2) is 9.59 Å². The number of carbonyl (C=O) groups excluding carboxylic acids is 4. The Kier molecular flexibility index (Phi) is 8.10. The van der Waals surface area contributed by atoms with E-state index in [2.05, 4.69) is 10.6 Å². The smallest absolute Gasteiger partial charge is 0.326 e. The van der Waals surface area contributed by atoms with Crippen LogP contribution in [0, 0.1) is 0 Å². The number of carboxylic acid groups (broad SMARTS) is 2. The summed E-state index contributed by atoms with van der Waals surface area (Å²) in [6.45, 7) is -0.0851. The number of hydrogen-bond acceptors (Lipinski definition) is 8. The largest absolute Gasteiger partial charge is 0.480 e. The van der Waals surface area contributed by atoms with Crippen molar-refractivity contribution in [3.8, 4) is 0 Å². The highest BCUT2D eigenvalue weighted by atomic mass is 32.1. The van der Waals surface area contributed by atoms with Crippen LogP contribution in [0.3, 0.4) is 0 Å². The minimum atomic E-state index is -1.24. The van der Waals surface area contributed by atoms with E-state index in [9.17, 15) is 39.0 Å². The zero-order valence-electron chi connectivity index (χ0n) is 20.1. The summed E-state index contributed by atoms with van der Waals surface area (Å²) in [7, 11) is 0. The molecule has 14 heteroatoms. The predicted molar refractivity (Wildman–Crippen MR) is 130 cm³/mol. The van der Waals surface area contributed by atoms with Gasteiger partial charge in [0.05, 0.1) is 11.1 Å². The molecule has 2 aliphatic heterocycles. The van der Waals surface area contributed by atoms with Crippen LogP contribution in [0.4, 0.5) is 0 Å². The van der Waals surface area contributed by atoms with Gasteiger partial charge in [-0.2, -0.15) is 0 Å². The molecule has 0 unspecified atom stereocenters. The average molecular weight is 547 g/mol. The minimum Gasteiger partial charge on any atom is -0.480 e. The lowest BCUT2D eigenvalue weighted by Crippen LogP contribution is -2.43. The summed E-state index contributed by atoms with van der Waals surface area (Å²) < 4.78 is 5.03. The molecule has 2 aromatic rings. The van der Waals surface area contributed by atoms with E-state index in [0.29, 0.717) is 4.88 Å². The fraction of sp³-hybridized carbons (Fsp3) is 0.417. The third-order valence-corrected chi connectivity index (χ3v) is 7.39. The molecule has 38 heavy (non-hydrogen) atoms. The maximum atomic E-state index is 12.9. The summed E-state index contributed by atoms with van der Waals surface area (Å²) in [6.07, 6.45) is 0.666. The number of carboxylic acids is 2. The third-order valence-electron chi connectivity index (χ3n) is 6.53. The maximum Gasteiger partial charge on any atom is 0.326 e. The van der Waals surface area contributed by atoms with Crippen LogP contribution in [0.5, 0.6) is 0 Å². The van der Waals surface area contributed by atoms with Crippen LogP contribution < -0.4 is 10.6 Å². The second-order valence-corrected chi connectivity index (χ2v) is 10.0. The lowest BCUT2D eigenvalue weighted by molar-refractivity contribution is -0.150. The van der Waals surface area contributed by atoms with Gasteiger partial charge in [-0.05, 0) is 23.6 Å². The molecule has 0 bridgehead atoms. The molecule has 0 radical (unpaired) electrons. The molecule has 4 amide bonds. The number of nitrogens with zero attached hydrogens (tertiary/aromatic N) is 2. The Hall–Kier alpha value is -4.20. The molecule has 0 aliphatic carbocycles. The van der Waals surface area contributed by atoms with Crippen molar-refractivity contribution in [3.05, 3.63) is 46.5 Å². The number of amides is 4. The maximum absolute atomic E-state index is 12.9. The van der Waals surface area contributed by atoms with E-state index in [1.165, 1.54) is 29.7 Å². The summed E-state index contributed by atoms with van der Waals surface area (Å²) in [5, 5.41) is 26.3. The van der Waals surface area contributed by atoms with Crippen molar-refractivity contribution in [1.29, 1.82) is 0 Å². The van der Waals surface area contributed by atoms with Gasteiger partial charge in [-0.15, -0.1) is 11.3 Å². The molecule has 2 aliphatic rings. The number of nitrogens with one attached hydrogen (secondary N) is 2. The Morgan fingerprint density at radius 3 is 1.84 bits per heavy atom. The predicted octanol–water partition coefficient (Wildman–Crippen LogP) is 0.389. The third kappa shape index (κ3) is 6.02. The lowest BCUT2D eigenvalue weighted by Gasteiger charge is -2.24. The van der Waals surface area contributed by atoms with Crippen molar-refractivity contribution in [3.63, 3.8) is 0 Å². The Morgan fingerprint density at radius 2 is 1.39 bits per heavy atom. The summed E-state index contributed by atoms with van der Waals surface area (Å²) in [4.78, 5) is 76.6. The van der Waals surface area contributed by atoms with Gasteiger partial charge in [0, 0.05) is 50.9 Å². The van der Waals surface area contributed by atoms with Crippen LogP contribution in [-0.2, 0) is 19.2 Å². The molecule has 4 rings (SSSR count). The summed E-state index contributed by atoms with van der Waals surface area (Å²) >= 11 is 1.24. The van der Waals surface area contributed by atoms with Crippen molar-refractivity contribution in [1.82, 2.24) is 20.4 Å². The highest BCUT2D eigenvalue weighted by Crippen LogP contribution is 2.23. The van der Waals surface area contributed by atoms with E-state index in [4.69, 9.17) is 4.42 Å². The van der Waals surface area contributed by atoms with Crippen LogP contribution in [-0.4, -0.2) is 92.8 Å². The molecule has 202 valence electrons. The number of furan rings is 1. The fourth-order valence-corrected chi connectivity index (χ4v) is 5.36. The van der Waals surface area contributed by atoms with Gasteiger partial charge in [0.25, 0.3) is 11.8 Å². The number of likely N-dealkylation sites (tertiary alicyclic amines) is 2. The van der Waals surface area contributed by atoms with Gasteiger partial charge >= 0.3 is 11.9 Å². The molecule has 4 heterocycles. The van der Waals surface area contributed by atoms with E-state index < -0.39 is 53.8 Å². The van der Waals surface area contributed by atoms with E-state index >= 15 is 0 Å². The molecular formula is C24H26N4O9S. The van der Waals surface area contributed by atoms with Crippen LogP contribution in [0.15, 0.2) is 40.3 Å². The lowest BCUT2D eigenvalue weighted by atomic mass is 10.1. The number of carbonyl (C=O) groups is 6. The first-order chi connectivity index (χ1) is 18.1. The standard InChI is InChI=1S/C24H26N4O9S/c29-19(27-11-13(9-15(27)23(33)34)25-21(31)17-3-1-7-37-17)5-6-20(30)28-12-14(10-16(28)24(35)36)26-22(32)18-4-2-8-38-18/h1-4,7-8,13-16H,5-6,9-12H2,(H,25,31)(H,26,32)(H,33,34)(H,35,36)/t13-,14-,15-,16-/m0/s1. The SMILES string of the molecule is O=C(N[C@H]1C[C@@H](C(=O)O)N(C(=O)CCC(=O)N2C[C@@H](NC(=O)c3cccs3)C[C@H]2C(=O)O)C1)c1ccco1. The van der Waals surface area contributed by atoms with Crippen molar-refractivity contribution < 1.29 is 43.4 Å². The second kappa shape index (κ2) is 11.5. The van der Waals surface area contributed by atoms with Crippen molar-refractivity contribution in [2.75, 3.05) is 13.1 Å². The van der Waals surface area contributed by atoms with Crippen molar-refractivity contribution >= 4 is 46.9 Å². The molecule has 4 atom stereocenters. The summed E-state index contributed by atoms with van der Waals surface area (Å²) in [5.74, 6) is -4.51. The molecule has 0 spiro atoms. The zero-order valence-corrected chi connectivity index (χ0v) is 20.9. The highest BCUT2D eigenvalue weighted by Gasteiger charge is 2.42. The van der Waals surface area contributed by atoms with Crippen LogP contribution in [0.1, 0.15) is 45.9 Å². The fourth-order valence-electron chi connectivity index (χ4n) is 4.73. The Balaban J connectivity index is 1.33. The first-order valence-electron chi connectivity index (χ1n) is 11.9. The summed E-state index contributed by atoms with van der Waals surface area (Å²) in [6, 6.07) is 2.79. The van der Waals surface area contributed by atoms with Crippen LogP contribution in [0.2, 0.25) is 0 Å². The van der Waals surface area contributed by atoms with Gasteiger partial charge in [0.2, 0.25) is 11.8 Å². The van der Waals surface area contributed by atoms with Crippen molar-refractivity contribution in [2.45, 2.75) is 49.9 Å². The van der Waals surface area contributed by atoms with E-state index in [0.717, 1.165) is 9.80 Å². The molecule has 0 saturated carbocycles. The second-order valence-electron chi connectivity index (χ2n) is 9.07. The highest BCUT2D eigenvalue weighted by molar-refractivity contribution is 7.12. The summed E-state index contributed by atoms with van der Waals surface area (Å²) in [5.41, 5.74) is 0. The topological polar surface area (TPSA) is 187 Å². The zero-order chi connectivity index (χ0) is 27.4. The Labute approximate surface area is 220 Å². The molecular weight excluding hydrogens is 520 g/mol. The Morgan fingerprint density at radius 1 is 0.842 bits per heavy atom. The van der Waals surface area contributed by atoms with Crippen LogP contribution in [0.25, 0.3) is 0 Å². The first-order valence-corrected chi connectivity index (χ1v) is 12.7. The molecule has 2 aromatic heterocycles. The van der Waals surface area contributed by atoms with Gasteiger partial charge in [-0.1, -0.05) is 6.07 Å². The molecule has 2 fully saturated rings. The number of rotatable bonds is 9.